The quantitative estimate of drug-likeness (QED) is 0.0807. The number of carbonyl (C=O) groups excluding carboxylic acids is 1. The molecule has 0 fully saturated rings. The molecule has 0 saturated heterocycles. The van der Waals surface area contributed by atoms with Gasteiger partial charge < -0.3 is 19.7 Å². The Labute approximate surface area is 273 Å². The molecule has 0 spiro atoms. The lowest BCUT2D eigenvalue weighted by atomic mass is 9.98. The third kappa shape index (κ3) is 8.56. The van der Waals surface area contributed by atoms with Crippen LogP contribution in [-0.2, 0) is 12.2 Å². The van der Waals surface area contributed by atoms with Crippen molar-refractivity contribution >= 4 is 35.1 Å². The van der Waals surface area contributed by atoms with E-state index >= 15 is 0 Å². The number of thioether (sulfide) groups is 1. The van der Waals surface area contributed by atoms with Gasteiger partial charge in [0.1, 0.15) is 11.0 Å². The van der Waals surface area contributed by atoms with Crippen molar-refractivity contribution in [2.75, 3.05) is 32.7 Å². The first kappa shape index (κ1) is 31.9. The van der Waals surface area contributed by atoms with Gasteiger partial charge in [-0.2, -0.15) is 0 Å². The summed E-state index contributed by atoms with van der Waals surface area (Å²) in [5, 5.41) is 4.18. The molecular formula is C36H35ClN4O3S. The van der Waals surface area contributed by atoms with Crippen LogP contribution in [0, 0.1) is 0 Å². The summed E-state index contributed by atoms with van der Waals surface area (Å²) in [7, 11) is 5.25. The molecule has 0 aliphatic heterocycles. The van der Waals surface area contributed by atoms with E-state index in [4.69, 9.17) is 26.1 Å². The van der Waals surface area contributed by atoms with Crippen molar-refractivity contribution in [3.8, 4) is 11.5 Å². The number of ether oxygens (including phenoxy) is 2. The van der Waals surface area contributed by atoms with Gasteiger partial charge in [-0.05, 0) is 52.9 Å². The van der Waals surface area contributed by atoms with Crippen LogP contribution < -0.4 is 19.7 Å². The minimum Gasteiger partial charge on any atom is -0.493 e. The molecule has 9 heteroatoms. The Morgan fingerprint density at radius 1 is 0.822 bits per heavy atom. The molecule has 0 unspecified atom stereocenters. The maximum atomic E-state index is 13.3. The third-order valence-electron chi connectivity index (χ3n) is 7.36. The standard InChI is InChI=1S/C36H35ClN4O3S/c1-41(21-20-25-16-19-30(43-2)31(22-25)44-3)33-23-32(37)38-36(39-33)45-24-26-14-17-29(18-15-26)35(42)40-34(27-10-6-4-7-11-27)28-12-8-5-9-13-28/h4-19,22-23,34H,20-21,24H2,1-3H3,(H,40,42). The zero-order valence-corrected chi connectivity index (χ0v) is 27.0. The van der Waals surface area contributed by atoms with Crippen LogP contribution in [0.5, 0.6) is 11.5 Å². The molecule has 7 nitrogen and oxygen atoms in total. The Hall–Kier alpha value is -4.53. The van der Waals surface area contributed by atoms with Crippen LogP contribution in [0.4, 0.5) is 5.82 Å². The summed E-state index contributed by atoms with van der Waals surface area (Å²) in [6.45, 7) is 0.728. The number of hydrogen-bond donors (Lipinski definition) is 1. The van der Waals surface area contributed by atoms with Gasteiger partial charge in [0.25, 0.3) is 5.91 Å². The first-order chi connectivity index (χ1) is 21.9. The summed E-state index contributed by atoms with van der Waals surface area (Å²) in [5.74, 6) is 2.66. The number of anilines is 1. The van der Waals surface area contributed by atoms with Crippen LogP contribution in [0.15, 0.2) is 114 Å². The number of likely N-dealkylation sites (N-methyl/N-ethyl adjacent to an activating group) is 1. The fraction of sp³-hybridized carbons (Fsp3) is 0.194. The highest BCUT2D eigenvalue weighted by atomic mass is 35.5. The number of carbonyl (C=O) groups is 1. The van der Waals surface area contributed by atoms with Crippen LogP contribution in [0.1, 0.15) is 38.7 Å². The van der Waals surface area contributed by atoms with Gasteiger partial charge in [0.15, 0.2) is 16.7 Å². The Kier molecular flexibility index (Phi) is 11.0. The SMILES string of the molecule is COc1ccc(CCN(C)c2cc(Cl)nc(SCc3ccc(C(=O)NC(c4ccccc4)c4ccccc4)cc3)n2)cc1OC. The smallest absolute Gasteiger partial charge is 0.252 e. The average Bonchev–Trinajstić information content (AvgIpc) is 3.09. The number of nitrogens with one attached hydrogen (secondary N) is 1. The fourth-order valence-electron chi connectivity index (χ4n) is 4.86. The van der Waals surface area contributed by atoms with E-state index < -0.39 is 0 Å². The van der Waals surface area contributed by atoms with Gasteiger partial charge in [-0.25, -0.2) is 9.97 Å². The average molecular weight is 639 g/mol. The summed E-state index contributed by atoms with van der Waals surface area (Å²) >= 11 is 7.88. The molecule has 4 aromatic carbocycles. The van der Waals surface area contributed by atoms with Gasteiger partial charge in [-0.15, -0.1) is 0 Å². The molecule has 1 amide bonds. The lowest BCUT2D eigenvalue weighted by molar-refractivity contribution is 0.0943. The number of nitrogens with zero attached hydrogens (tertiary/aromatic N) is 3. The lowest BCUT2D eigenvalue weighted by Gasteiger charge is -2.20. The fourth-order valence-corrected chi connectivity index (χ4v) is 5.89. The number of benzene rings is 4. The van der Waals surface area contributed by atoms with Gasteiger partial charge in [-0.1, -0.05) is 102 Å². The normalized spacial score (nSPS) is 10.9. The van der Waals surface area contributed by atoms with Gasteiger partial charge in [0.2, 0.25) is 0 Å². The minimum atomic E-state index is -0.249. The Morgan fingerprint density at radius 3 is 2.07 bits per heavy atom. The Balaban J connectivity index is 1.19. The number of rotatable bonds is 13. The van der Waals surface area contributed by atoms with Crippen LogP contribution >= 0.6 is 23.4 Å². The second kappa shape index (κ2) is 15.5. The molecule has 0 bridgehead atoms. The minimum absolute atomic E-state index is 0.133. The highest BCUT2D eigenvalue weighted by Crippen LogP contribution is 2.29. The zero-order valence-electron chi connectivity index (χ0n) is 25.4. The predicted octanol–water partition coefficient (Wildman–Crippen LogP) is 7.64. The molecule has 45 heavy (non-hydrogen) atoms. The number of aromatic nitrogens is 2. The molecule has 5 aromatic rings. The van der Waals surface area contributed by atoms with E-state index in [0.717, 1.165) is 41.0 Å². The van der Waals surface area contributed by atoms with Crippen LogP contribution in [0.25, 0.3) is 0 Å². The Morgan fingerprint density at radius 2 is 1.44 bits per heavy atom. The van der Waals surface area contributed by atoms with Crippen molar-refractivity contribution in [3.05, 3.63) is 142 Å². The van der Waals surface area contributed by atoms with Crippen molar-refractivity contribution in [1.82, 2.24) is 15.3 Å². The first-order valence-electron chi connectivity index (χ1n) is 14.5. The number of amides is 1. The molecule has 0 atom stereocenters. The van der Waals surface area contributed by atoms with Gasteiger partial charge in [0.05, 0.1) is 20.3 Å². The Bertz CT molecular complexity index is 1670. The second-order valence-electron chi connectivity index (χ2n) is 10.4. The van der Waals surface area contributed by atoms with Crippen LogP contribution in [0.2, 0.25) is 5.15 Å². The molecule has 230 valence electrons. The molecule has 1 aromatic heterocycles. The highest BCUT2D eigenvalue weighted by molar-refractivity contribution is 7.98. The number of hydrogen-bond acceptors (Lipinski definition) is 7. The van der Waals surface area contributed by atoms with E-state index in [9.17, 15) is 4.79 Å². The summed E-state index contributed by atoms with van der Waals surface area (Å²) in [6, 6.07) is 35.0. The molecule has 5 rings (SSSR count). The summed E-state index contributed by atoms with van der Waals surface area (Å²) in [6.07, 6.45) is 0.790. The van der Waals surface area contributed by atoms with Crippen molar-refractivity contribution < 1.29 is 14.3 Å². The summed E-state index contributed by atoms with van der Waals surface area (Å²) in [5.41, 5.74) is 4.82. The van der Waals surface area contributed by atoms with Crippen molar-refractivity contribution in [3.63, 3.8) is 0 Å². The van der Waals surface area contributed by atoms with Gasteiger partial charge in [0, 0.05) is 31.0 Å². The molecule has 0 aliphatic carbocycles. The van der Waals surface area contributed by atoms with E-state index in [0.29, 0.717) is 33.1 Å². The second-order valence-corrected chi connectivity index (χ2v) is 11.7. The predicted molar refractivity (Wildman–Crippen MR) is 182 cm³/mol. The molecule has 0 aliphatic rings. The molecular weight excluding hydrogens is 604 g/mol. The van der Waals surface area contributed by atoms with E-state index in [1.54, 1.807) is 20.3 Å². The summed E-state index contributed by atoms with van der Waals surface area (Å²) < 4.78 is 10.8. The largest absolute Gasteiger partial charge is 0.493 e. The number of methoxy groups -OCH3 is 2. The molecule has 0 saturated carbocycles. The maximum Gasteiger partial charge on any atom is 0.252 e. The van der Waals surface area contributed by atoms with E-state index in [1.807, 2.05) is 110 Å². The zero-order chi connectivity index (χ0) is 31.6. The van der Waals surface area contributed by atoms with Crippen molar-refractivity contribution in [1.29, 1.82) is 0 Å². The first-order valence-corrected chi connectivity index (χ1v) is 15.9. The monoisotopic (exact) mass is 638 g/mol. The van der Waals surface area contributed by atoms with E-state index in [-0.39, 0.29) is 11.9 Å². The van der Waals surface area contributed by atoms with Gasteiger partial charge in [-0.3, -0.25) is 4.79 Å². The van der Waals surface area contributed by atoms with Crippen LogP contribution in [0.3, 0.4) is 0 Å². The van der Waals surface area contributed by atoms with E-state index in [1.165, 1.54) is 11.8 Å². The molecule has 0 radical (unpaired) electrons. The third-order valence-corrected chi connectivity index (χ3v) is 8.47. The van der Waals surface area contributed by atoms with E-state index in [2.05, 4.69) is 15.2 Å². The summed E-state index contributed by atoms with van der Waals surface area (Å²) in [4.78, 5) is 24.5. The molecule has 1 N–H and O–H groups in total. The number of halogens is 1. The maximum absolute atomic E-state index is 13.3. The van der Waals surface area contributed by atoms with Crippen molar-refractivity contribution in [2.24, 2.45) is 0 Å². The highest BCUT2D eigenvalue weighted by Gasteiger charge is 2.18. The van der Waals surface area contributed by atoms with Gasteiger partial charge >= 0.3 is 0 Å². The molecule has 1 heterocycles. The van der Waals surface area contributed by atoms with Crippen molar-refractivity contribution in [2.45, 2.75) is 23.4 Å². The van der Waals surface area contributed by atoms with Crippen LogP contribution in [-0.4, -0.2) is 43.7 Å². The topological polar surface area (TPSA) is 76.6 Å². The lowest BCUT2D eigenvalue weighted by Crippen LogP contribution is -2.29.